The molecule has 0 heterocycles. The highest BCUT2D eigenvalue weighted by Gasteiger charge is 1.44. The van der Waals surface area contributed by atoms with Gasteiger partial charge in [0.2, 0.25) is 0 Å². The molecule has 52 valence electrons. The van der Waals surface area contributed by atoms with Gasteiger partial charge in [-0.3, -0.25) is 4.79 Å². The summed E-state index contributed by atoms with van der Waals surface area (Å²) in [4.78, 5) is 9.06. The Morgan fingerprint density at radius 3 is 2.11 bits per heavy atom. The number of nitrogens with one attached hydrogen (secondary N) is 1. The lowest BCUT2D eigenvalue weighted by Gasteiger charge is -1.75. The van der Waals surface area contributed by atoms with Crippen LogP contribution < -0.4 is 5.43 Å². The maximum Gasteiger partial charge on any atom is 0.142 e. The molecule has 0 unspecified atom stereocenters. The van der Waals surface area contributed by atoms with Crippen molar-refractivity contribution in [1.82, 2.24) is 5.43 Å². The van der Waals surface area contributed by atoms with Gasteiger partial charge in [-0.2, -0.15) is 5.10 Å². The topological polar surface area (TPSA) is 41.5 Å². The number of carbonyl (C=O) groups is 1. The van der Waals surface area contributed by atoms with Gasteiger partial charge in [-0.05, 0) is 13.0 Å². The molecule has 0 aliphatic carbocycles. The molecule has 0 aromatic rings. The Morgan fingerprint density at radius 2 is 2.11 bits per heavy atom. The van der Waals surface area contributed by atoms with E-state index in [2.05, 4.69) is 17.1 Å². The molecule has 0 aliphatic rings. The molecule has 3 heteroatoms. The second kappa shape index (κ2) is 15.8. The molecule has 0 amide bonds. The Labute approximate surface area is 55.5 Å². The van der Waals surface area contributed by atoms with Crippen LogP contribution in [-0.2, 0) is 4.79 Å². The van der Waals surface area contributed by atoms with E-state index in [0.717, 1.165) is 0 Å². The third kappa shape index (κ3) is 46.4. The fourth-order valence-electron chi connectivity index (χ4n) is 0.129. The third-order valence-corrected chi connectivity index (χ3v) is 0.354. The smallest absolute Gasteiger partial charge is 0.142 e. The summed E-state index contributed by atoms with van der Waals surface area (Å²) in [6.07, 6.45) is 3.53. The van der Waals surface area contributed by atoms with E-state index in [1.54, 1.807) is 13.3 Å². The van der Waals surface area contributed by atoms with E-state index in [1.165, 1.54) is 6.08 Å². The molecule has 0 aliphatic heterocycles. The molecule has 1 N–H and O–H groups in total. The third-order valence-electron chi connectivity index (χ3n) is 0.354. The molecule has 0 saturated heterocycles. The molecule has 0 rings (SSSR count). The van der Waals surface area contributed by atoms with Crippen LogP contribution in [0.3, 0.4) is 0 Å². The minimum Gasteiger partial charge on any atom is -0.313 e. The van der Waals surface area contributed by atoms with Crippen LogP contribution >= 0.6 is 0 Å². The van der Waals surface area contributed by atoms with E-state index in [0.29, 0.717) is 6.29 Å². The highest BCUT2D eigenvalue weighted by molar-refractivity contribution is 5.63. The van der Waals surface area contributed by atoms with E-state index in [4.69, 9.17) is 4.79 Å². The molecule has 0 radical (unpaired) electrons. The maximum atomic E-state index is 9.06. The van der Waals surface area contributed by atoms with Gasteiger partial charge < -0.3 is 5.43 Å². The summed E-state index contributed by atoms with van der Waals surface area (Å²) in [7, 11) is 1.76. The van der Waals surface area contributed by atoms with E-state index < -0.39 is 0 Å². The van der Waals surface area contributed by atoms with Crippen LogP contribution in [0, 0.1) is 0 Å². The van der Waals surface area contributed by atoms with E-state index in [-0.39, 0.29) is 0 Å². The highest BCUT2D eigenvalue weighted by atomic mass is 16.1. The summed E-state index contributed by atoms with van der Waals surface area (Å²) in [5.41, 5.74) is 2.59. The predicted molar refractivity (Wildman–Crippen MR) is 39.5 cm³/mol. The van der Waals surface area contributed by atoms with Gasteiger partial charge in [0.15, 0.2) is 0 Å². The van der Waals surface area contributed by atoms with Gasteiger partial charge in [-0.1, -0.05) is 6.58 Å². The van der Waals surface area contributed by atoms with Crippen LogP contribution in [0.1, 0.15) is 6.92 Å². The summed E-state index contributed by atoms with van der Waals surface area (Å²) >= 11 is 0. The quantitative estimate of drug-likeness (QED) is 0.256. The van der Waals surface area contributed by atoms with Crippen LogP contribution in [0.2, 0.25) is 0 Å². The summed E-state index contributed by atoms with van der Waals surface area (Å²) in [5, 5.41) is 3.60. The van der Waals surface area contributed by atoms with Crippen LogP contribution in [-0.4, -0.2) is 19.5 Å². The number of rotatable bonds is 2. The lowest BCUT2D eigenvalue weighted by atomic mass is 10.8. The van der Waals surface area contributed by atoms with Crippen molar-refractivity contribution in [2.24, 2.45) is 5.10 Å². The Morgan fingerprint density at radius 1 is 1.67 bits per heavy atom. The van der Waals surface area contributed by atoms with Crippen molar-refractivity contribution in [3.63, 3.8) is 0 Å². The first-order valence-electron chi connectivity index (χ1n) is 2.54. The number of aldehydes is 1. The van der Waals surface area contributed by atoms with Crippen molar-refractivity contribution >= 4 is 12.5 Å². The highest BCUT2D eigenvalue weighted by Crippen LogP contribution is 1.41. The van der Waals surface area contributed by atoms with Crippen LogP contribution in [0.25, 0.3) is 0 Å². The van der Waals surface area contributed by atoms with Gasteiger partial charge in [-0.15, -0.1) is 0 Å². The van der Waals surface area contributed by atoms with Gasteiger partial charge in [0.25, 0.3) is 0 Å². The lowest BCUT2D eigenvalue weighted by molar-refractivity contribution is -0.104. The molecule has 0 saturated carbocycles. The van der Waals surface area contributed by atoms with Gasteiger partial charge in [0, 0.05) is 13.3 Å². The first-order chi connectivity index (χ1) is 4.33. The van der Waals surface area contributed by atoms with E-state index >= 15 is 0 Å². The van der Waals surface area contributed by atoms with E-state index in [1.807, 2.05) is 6.92 Å². The zero-order chi connectivity index (χ0) is 7.54. The molecule has 0 bridgehead atoms. The van der Waals surface area contributed by atoms with Gasteiger partial charge in [0.1, 0.15) is 6.29 Å². The Bertz CT molecular complexity index is 83.1. The molecule has 0 spiro atoms. The van der Waals surface area contributed by atoms with E-state index in [9.17, 15) is 0 Å². The number of allylic oxidation sites excluding steroid dienone is 1. The summed E-state index contributed by atoms with van der Waals surface area (Å²) < 4.78 is 0. The van der Waals surface area contributed by atoms with Crippen molar-refractivity contribution in [3.05, 3.63) is 12.7 Å². The van der Waals surface area contributed by atoms with Crippen molar-refractivity contribution < 1.29 is 4.79 Å². The fourth-order valence-corrected chi connectivity index (χ4v) is 0.129. The van der Waals surface area contributed by atoms with Crippen molar-refractivity contribution in [1.29, 1.82) is 0 Å². The number of carbonyl (C=O) groups excluding carboxylic acids is 1. The number of hydrogen-bond donors (Lipinski definition) is 1. The minimum atomic E-state index is 0.639. The molecular formula is C6H12N2O. The molecule has 9 heavy (non-hydrogen) atoms. The zero-order valence-corrected chi connectivity index (χ0v) is 5.79. The monoisotopic (exact) mass is 128 g/mol. The Balaban J connectivity index is 0. The average molecular weight is 128 g/mol. The minimum absolute atomic E-state index is 0.639. The van der Waals surface area contributed by atoms with Crippen molar-refractivity contribution in [3.8, 4) is 0 Å². The van der Waals surface area contributed by atoms with Crippen LogP contribution in [0.4, 0.5) is 0 Å². The summed E-state index contributed by atoms with van der Waals surface area (Å²) in [6.45, 7) is 4.97. The molecule has 0 fully saturated rings. The second-order valence-corrected chi connectivity index (χ2v) is 0.983. The largest absolute Gasteiger partial charge is 0.313 e. The number of nitrogens with zero attached hydrogens (tertiary/aromatic N) is 1. The number of hydrogen-bond acceptors (Lipinski definition) is 3. The van der Waals surface area contributed by atoms with Crippen molar-refractivity contribution in [2.75, 3.05) is 7.05 Å². The van der Waals surface area contributed by atoms with Crippen molar-refractivity contribution in [2.45, 2.75) is 6.92 Å². The first kappa shape index (κ1) is 10.8. The molecule has 3 nitrogen and oxygen atoms in total. The summed E-state index contributed by atoms with van der Waals surface area (Å²) in [5.74, 6) is 0. The van der Waals surface area contributed by atoms with Crippen LogP contribution in [0.5, 0.6) is 0 Å². The first-order valence-corrected chi connectivity index (χ1v) is 2.54. The zero-order valence-electron chi connectivity index (χ0n) is 5.79. The Kier molecular flexibility index (Phi) is 18.9. The average Bonchev–Trinajstić information content (AvgIpc) is 1.91. The van der Waals surface area contributed by atoms with Gasteiger partial charge >= 0.3 is 0 Å². The Hall–Kier alpha value is -1.12. The predicted octanol–water partition coefficient (Wildman–Crippen LogP) is 0.583. The van der Waals surface area contributed by atoms with Gasteiger partial charge in [-0.25, -0.2) is 0 Å². The molecule has 0 aromatic carbocycles. The lowest BCUT2D eigenvalue weighted by Crippen LogP contribution is -1.90. The normalized spacial score (nSPS) is 7.33. The van der Waals surface area contributed by atoms with Gasteiger partial charge in [0.05, 0.1) is 0 Å². The fraction of sp³-hybridized carbons (Fsp3) is 0.333. The molecule has 0 aromatic heterocycles. The summed E-state index contributed by atoms with van der Waals surface area (Å²) in [6, 6.07) is 0. The second-order valence-electron chi connectivity index (χ2n) is 0.983. The molecular weight excluding hydrogens is 116 g/mol. The standard InChI is InChI=1S/C3H8N2.C3H4O/c1-3-5-4-2;1-2-3-4/h3-4H,1-2H3;2-3H,1H2/b5-3+;. The van der Waals surface area contributed by atoms with Crippen LogP contribution in [0.15, 0.2) is 17.8 Å². The molecule has 0 atom stereocenters. The SMILES string of the molecule is C/C=N/NC.C=CC=O. The number of hydrazone groups is 1. The maximum absolute atomic E-state index is 9.06.